The zero-order valence-electron chi connectivity index (χ0n) is 18.5. The highest BCUT2D eigenvalue weighted by Gasteiger charge is 2.60. The molecule has 1 aliphatic carbocycles. The molecule has 0 bridgehead atoms. The second-order valence-electron chi connectivity index (χ2n) is 9.73. The SMILES string of the molecule is CCC(C)(CC1CC(n2ccc(=O)[nH]c2=O)C2OC(C)(C)OC12)OP1(=O)OCC1(C)O. The highest BCUT2D eigenvalue weighted by atomic mass is 31.2. The normalized spacial score (nSPS) is 40.8. The molecule has 3 fully saturated rings. The van der Waals surface area contributed by atoms with Gasteiger partial charge >= 0.3 is 13.3 Å². The first kappa shape index (κ1) is 22.9. The largest absolute Gasteiger partial charge is 0.376 e. The molecule has 0 aromatic carbocycles. The number of rotatable bonds is 6. The van der Waals surface area contributed by atoms with E-state index in [1.807, 2.05) is 27.7 Å². The van der Waals surface area contributed by atoms with Crippen molar-refractivity contribution in [2.24, 2.45) is 5.92 Å². The second-order valence-corrected chi connectivity index (χ2v) is 12.1. The van der Waals surface area contributed by atoms with E-state index in [0.717, 1.165) is 0 Å². The van der Waals surface area contributed by atoms with Gasteiger partial charge in [0.15, 0.2) is 11.1 Å². The quantitative estimate of drug-likeness (QED) is 0.621. The lowest BCUT2D eigenvalue weighted by molar-refractivity contribution is -0.163. The van der Waals surface area contributed by atoms with Crippen molar-refractivity contribution in [3.05, 3.63) is 33.1 Å². The average molecular weight is 458 g/mol. The van der Waals surface area contributed by atoms with Crippen LogP contribution in [0.1, 0.15) is 59.9 Å². The number of hydrogen-bond donors (Lipinski definition) is 2. The highest BCUT2D eigenvalue weighted by Crippen LogP contribution is 2.69. The number of aromatic nitrogens is 2. The van der Waals surface area contributed by atoms with Crippen LogP contribution in [0.2, 0.25) is 0 Å². The van der Waals surface area contributed by atoms with E-state index in [0.29, 0.717) is 19.3 Å². The van der Waals surface area contributed by atoms with Gasteiger partial charge < -0.3 is 23.6 Å². The van der Waals surface area contributed by atoms with E-state index in [1.54, 1.807) is 0 Å². The maximum absolute atomic E-state index is 12.9. The Labute approximate surface area is 180 Å². The minimum atomic E-state index is -3.64. The fourth-order valence-corrected chi connectivity index (χ4v) is 6.54. The number of hydrogen-bond acceptors (Lipinski definition) is 8. The van der Waals surface area contributed by atoms with E-state index in [9.17, 15) is 19.3 Å². The maximum atomic E-state index is 12.9. The molecule has 10 nitrogen and oxygen atoms in total. The maximum Gasteiger partial charge on any atom is 0.364 e. The summed E-state index contributed by atoms with van der Waals surface area (Å²) in [4.78, 5) is 26.2. The topological polar surface area (TPSA) is 129 Å². The Morgan fingerprint density at radius 2 is 2.00 bits per heavy atom. The molecule has 1 saturated carbocycles. The van der Waals surface area contributed by atoms with Crippen LogP contribution in [0.5, 0.6) is 0 Å². The van der Waals surface area contributed by atoms with Crippen LogP contribution in [-0.2, 0) is 23.1 Å². The molecular formula is C20H31N2O8P. The minimum Gasteiger partial charge on any atom is -0.376 e. The number of nitrogens with zero attached hydrogens (tertiary/aromatic N) is 1. The number of ether oxygens (including phenoxy) is 2. The third kappa shape index (κ3) is 3.98. The van der Waals surface area contributed by atoms with Gasteiger partial charge in [-0.05, 0) is 52.9 Å². The van der Waals surface area contributed by atoms with E-state index in [4.69, 9.17) is 18.5 Å². The third-order valence-electron chi connectivity index (χ3n) is 6.64. The summed E-state index contributed by atoms with van der Waals surface area (Å²) in [5.74, 6) is -0.895. The minimum absolute atomic E-state index is 0.0272. The van der Waals surface area contributed by atoms with Gasteiger partial charge in [-0.15, -0.1) is 0 Å². The summed E-state index contributed by atoms with van der Waals surface area (Å²) < 4.78 is 37.9. The first-order valence-electron chi connectivity index (χ1n) is 10.6. The standard InChI is InChI=1S/C20H31N2O8P/c1-6-19(4,30-31(26)20(5,25)11-27-31)10-12-9-13(16-15(12)28-18(2,3)29-16)22-8-7-14(23)21-17(22)24/h7-8,12-13,15-16,25H,6,9-11H2,1-5H3,(H,21,23,24). The lowest BCUT2D eigenvalue weighted by Crippen LogP contribution is -2.45. The Balaban J connectivity index is 1.61. The Morgan fingerprint density at radius 3 is 2.55 bits per heavy atom. The monoisotopic (exact) mass is 458 g/mol. The molecule has 3 aliphatic rings. The van der Waals surface area contributed by atoms with Gasteiger partial charge in [0.05, 0.1) is 24.4 Å². The van der Waals surface area contributed by atoms with Crippen LogP contribution in [0.15, 0.2) is 21.9 Å². The summed E-state index contributed by atoms with van der Waals surface area (Å²) >= 11 is 0. The highest BCUT2D eigenvalue weighted by molar-refractivity contribution is 7.56. The molecule has 31 heavy (non-hydrogen) atoms. The molecule has 0 amide bonds. The number of aromatic amines is 1. The number of aliphatic hydroxyl groups is 1. The fraction of sp³-hybridized carbons (Fsp3) is 0.800. The third-order valence-corrected chi connectivity index (χ3v) is 9.10. The van der Waals surface area contributed by atoms with Crippen molar-refractivity contribution in [2.75, 3.05) is 6.61 Å². The number of H-pyrrole nitrogens is 1. The van der Waals surface area contributed by atoms with Gasteiger partial charge in [-0.1, -0.05) is 6.92 Å². The molecule has 11 heteroatoms. The van der Waals surface area contributed by atoms with E-state index in [1.165, 1.54) is 23.8 Å². The Morgan fingerprint density at radius 1 is 1.32 bits per heavy atom. The van der Waals surface area contributed by atoms with Gasteiger partial charge in [-0.3, -0.25) is 18.9 Å². The Hall–Kier alpha value is -1.29. The van der Waals surface area contributed by atoms with E-state index >= 15 is 0 Å². The average Bonchev–Trinajstić information content (AvgIpc) is 3.14. The van der Waals surface area contributed by atoms with Gasteiger partial charge in [-0.25, -0.2) is 4.79 Å². The molecule has 2 aliphatic heterocycles. The van der Waals surface area contributed by atoms with Crippen molar-refractivity contribution < 1.29 is 28.2 Å². The summed E-state index contributed by atoms with van der Waals surface area (Å²) in [6, 6.07) is 0.979. The lowest BCUT2D eigenvalue weighted by atomic mass is 9.87. The van der Waals surface area contributed by atoms with Crippen LogP contribution in [0.25, 0.3) is 0 Å². The predicted molar refractivity (Wildman–Crippen MR) is 111 cm³/mol. The predicted octanol–water partition coefficient (Wildman–Crippen LogP) is 2.12. The summed E-state index contributed by atoms with van der Waals surface area (Å²) in [7, 11) is -3.64. The molecule has 7 atom stereocenters. The zero-order valence-corrected chi connectivity index (χ0v) is 19.4. The molecule has 7 unspecified atom stereocenters. The van der Waals surface area contributed by atoms with Crippen LogP contribution in [-0.4, -0.2) is 50.2 Å². The Bertz CT molecular complexity index is 1020. The molecule has 0 spiro atoms. The molecule has 2 N–H and O–H groups in total. The molecule has 174 valence electrons. The van der Waals surface area contributed by atoms with Gasteiger partial charge in [0.1, 0.15) is 6.10 Å². The van der Waals surface area contributed by atoms with Crippen molar-refractivity contribution in [2.45, 2.75) is 88.9 Å². The van der Waals surface area contributed by atoms with Gasteiger partial charge in [0, 0.05) is 12.3 Å². The van der Waals surface area contributed by atoms with Crippen LogP contribution in [0, 0.1) is 5.92 Å². The Kier molecular flexibility index (Phi) is 5.44. The van der Waals surface area contributed by atoms with E-state index in [2.05, 4.69) is 4.98 Å². The summed E-state index contributed by atoms with van der Waals surface area (Å²) in [6.45, 7) is 8.84. The van der Waals surface area contributed by atoms with Crippen molar-refractivity contribution >= 4 is 7.60 Å². The first-order chi connectivity index (χ1) is 14.3. The van der Waals surface area contributed by atoms with Crippen LogP contribution in [0.3, 0.4) is 0 Å². The van der Waals surface area contributed by atoms with Crippen LogP contribution >= 0.6 is 7.60 Å². The van der Waals surface area contributed by atoms with Crippen molar-refractivity contribution in [3.63, 3.8) is 0 Å². The molecule has 3 heterocycles. The molecule has 0 radical (unpaired) electrons. The van der Waals surface area contributed by atoms with Gasteiger partial charge in [-0.2, -0.15) is 0 Å². The molecule has 2 saturated heterocycles. The van der Waals surface area contributed by atoms with Crippen molar-refractivity contribution in [3.8, 4) is 0 Å². The lowest BCUT2D eigenvalue weighted by Gasteiger charge is -2.45. The molecule has 1 aromatic rings. The van der Waals surface area contributed by atoms with Crippen LogP contribution < -0.4 is 11.2 Å². The van der Waals surface area contributed by atoms with E-state index < -0.39 is 35.6 Å². The van der Waals surface area contributed by atoms with Crippen molar-refractivity contribution in [1.29, 1.82) is 0 Å². The molecular weight excluding hydrogens is 427 g/mol. The first-order valence-corrected chi connectivity index (χ1v) is 12.2. The summed E-state index contributed by atoms with van der Waals surface area (Å²) in [5.41, 5.74) is -1.79. The fourth-order valence-electron chi connectivity index (χ4n) is 4.79. The summed E-state index contributed by atoms with van der Waals surface area (Å²) in [5, 5.41) is 8.79. The van der Waals surface area contributed by atoms with Crippen molar-refractivity contribution in [1.82, 2.24) is 9.55 Å². The van der Waals surface area contributed by atoms with Gasteiger partial charge in [0.2, 0.25) is 0 Å². The smallest absolute Gasteiger partial charge is 0.364 e. The summed E-state index contributed by atoms with van der Waals surface area (Å²) in [6.07, 6.45) is 2.35. The van der Waals surface area contributed by atoms with Gasteiger partial charge in [0.25, 0.3) is 5.56 Å². The molecule has 4 rings (SSSR count). The number of fused-ring (bicyclic) bond motifs is 1. The molecule has 1 aromatic heterocycles. The number of nitrogens with one attached hydrogen (secondary N) is 1. The van der Waals surface area contributed by atoms with E-state index in [-0.39, 0.29) is 30.8 Å². The second kappa shape index (κ2) is 7.37. The zero-order chi connectivity index (χ0) is 22.8. The van der Waals surface area contributed by atoms with Crippen LogP contribution in [0.4, 0.5) is 0 Å².